The Hall–Kier alpha value is -1.65. The number of ether oxygens (including phenoxy) is 1. The van der Waals surface area contributed by atoms with Crippen LogP contribution in [-0.4, -0.2) is 14.7 Å². The number of para-hydroxylation sites is 1. The molecule has 2 aromatic rings. The van der Waals surface area contributed by atoms with Crippen molar-refractivity contribution in [3.63, 3.8) is 0 Å². The van der Waals surface area contributed by atoms with Crippen LogP contribution in [0, 0.1) is 6.92 Å². The van der Waals surface area contributed by atoms with Gasteiger partial charge in [0.05, 0.1) is 0 Å². The van der Waals surface area contributed by atoms with Crippen molar-refractivity contribution in [3.8, 4) is 11.5 Å². The van der Waals surface area contributed by atoms with Gasteiger partial charge in [-0.05, 0) is 43.5 Å². The van der Waals surface area contributed by atoms with Crippen molar-refractivity contribution in [3.05, 3.63) is 59.7 Å². The lowest BCUT2D eigenvalue weighted by atomic mass is 10.0. The Morgan fingerprint density at radius 1 is 0.774 bits per heavy atom. The molecule has 5 nitrogen and oxygen atoms in total. The molecule has 31 heavy (non-hydrogen) atoms. The SMILES string of the molecule is CCCCCCCCCCCCc1cc(C)ccc1Oc1ccccc1.O=P(O)(O)O. The highest BCUT2D eigenvalue weighted by Gasteiger charge is 2.06. The predicted octanol–water partition coefficient (Wildman–Crippen LogP) is 7.32. The topological polar surface area (TPSA) is 87.0 Å². The third kappa shape index (κ3) is 15.8. The minimum absolute atomic E-state index is 0.917. The van der Waals surface area contributed by atoms with Gasteiger partial charge in [-0.2, -0.15) is 0 Å². The monoisotopic (exact) mass is 450 g/mol. The molecule has 0 saturated carbocycles. The van der Waals surface area contributed by atoms with Gasteiger partial charge >= 0.3 is 7.82 Å². The van der Waals surface area contributed by atoms with E-state index in [-0.39, 0.29) is 0 Å². The summed E-state index contributed by atoms with van der Waals surface area (Å²) in [5, 5.41) is 0. The van der Waals surface area contributed by atoms with E-state index in [1.807, 2.05) is 30.3 Å². The maximum Gasteiger partial charge on any atom is 0.466 e. The summed E-state index contributed by atoms with van der Waals surface area (Å²) in [5.74, 6) is 1.93. The maximum atomic E-state index is 8.88. The van der Waals surface area contributed by atoms with Crippen LogP contribution in [0.2, 0.25) is 0 Å². The lowest BCUT2D eigenvalue weighted by molar-refractivity contribution is 0.275. The zero-order valence-corrected chi connectivity index (χ0v) is 19.9. The smallest absolute Gasteiger partial charge is 0.457 e. The Balaban J connectivity index is 0.000000861. The van der Waals surface area contributed by atoms with Crippen LogP contribution < -0.4 is 4.74 Å². The normalized spacial score (nSPS) is 11.0. The molecule has 2 aromatic carbocycles. The average molecular weight is 451 g/mol. The molecule has 0 bridgehead atoms. The largest absolute Gasteiger partial charge is 0.466 e. The van der Waals surface area contributed by atoms with Crippen LogP contribution in [0.25, 0.3) is 0 Å². The minimum atomic E-state index is -4.64. The number of aryl methyl sites for hydroxylation is 2. The fourth-order valence-corrected chi connectivity index (χ4v) is 3.42. The van der Waals surface area contributed by atoms with Gasteiger partial charge in [0.15, 0.2) is 0 Å². The molecule has 0 aliphatic heterocycles. The van der Waals surface area contributed by atoms with E-state index in [2.05, 4.69) is 32.0 Å². The lowest BCUT2D eigenvalue weighted by Crippen LogP contribution is -1.94. The van der Waals surface area contributed by atoms with Crippen molar-refractivity contribution in [1.29, 1.82) is 0 Å². The molecule has 3 N–H and O–H groups in total. The standard InChI is InChI=1S/C25H36O.H3O4P/c1-3-4-5-6-7-8-9-10-11-13-16-23-21-22(2)19-20-25(23)26-24-17-14-12-15-18-24;1-5(2,3)4/h12,14-15,17-21H,3-11,13,16H2,1-2H3;(H3,1,2,3,4). The van der Waals surface area contributed by atoms with Crippen molar-refractivity contribution < 1.29 is 24.0 Å². The second kappa shape index (κ2) is 16.0. The molecule has 0 heterocycles. The van der Waals surface area contributed by atoms with Crippen LogP contribution in [0.4, 0.5) is 0 Å². The maximum absolute atomic E-state index is 8.88. The molecule has 2 rings (SSSR count). The van der Waals surface area contributed by atoms with Gasteiger partial charge < -0.3 is 19.4 Å². The summed E-state index contributed by atoms with van der Waals surface area (Å²) >= 11 is 0. The Bertz CT molecular complexity index is 749. The summed E-state index contributed by atoms with van der Waals surface area (Å²) in [6.07, 6.45) is 14.9. The van der Waals surface area contributed by atoms with Crippen LogP contribution in [0.1, 0.15) is 82.3 Å². The molecule has 0 saturated heterocycles. The summed E-state index contributed by atoms with van der Waals surface area (Å²) in [7, 11) is -4.64. The molecule has 6 heteroatoms. The second-order valence-electron chi connectivity index (χ2n) is 7.97. The first-order valence-corrected chi connectivity index (χ1v) is 13.0. The number of rotatable bonds is 13. The third-order valence-corrected chi connectivity index (χ3v) is 4.99. The summed E-state index contributed by atoms with van der Waals surface area (Å²) in [6.45, 7) is 4.44. The van der Waals surface area contributed by atoms with Crippen molar-refractivity contribution in [2.24, 2.45) is 0 Å². The van der Waals surface area contributed by atoms with E-state index in [1.165, 1.54) is 75.3 Å². The second-order valence-corrected chi connectivity index (χ2v) is 9.00. The molecule has 0 aromatic heterocycles. The van der Waals surface area contributed by atoms with Gasteiger partial charge in [0, 0.05) is 0 Å². The average Bonchev–Trinajstić information content (AvgIpc) is 2.71. The van der Waals surface area contributed by atoms with Gasteiger partial charge in [-0.25, -0.2) is 4.57 Å². The number of unbranched alkanes of at least 4 members (excludes halogenated alkanes) is 9. The first kappa shape index (κ1) is 27.4. The van der Waals surface area contributed by atoms with Gasteiger partial charge in [0.25, 0.3) is 0 Å². The van der Waals surface area contributed by atoms with E-state index in [0.717, 1.165) is 17.9 Å². The van der Waals surface area contributed by atoms with Crippen molar-refractivity contribution in [2.75, 3.05) is 0 Å². The lowest BCUT2D eigenvalue weighted by Gasteiger charge is -2.12. The first-order valence-electron chi connectivity index (χ1n) is 11.4. The molecular weight excluding hydrogens is 411 g/mol. The summed E-state index contributed by atoms with van der Waals surface area (Å²) in [4.78, 5) is 21.6. The van der Waals surface area contributed by atoms with E-state index in [1.54, 1.807) is 0 Å². The summed E-state index contributed by atoms with van der Waals surface area (Å²) in [6, 6.07) is 16.6. The number of benzene rings is 2. The highest BCUT2D eigenvalue weighted by atomic mass is 31.2. The molecule has 0 aliphatic rings. The molecule has 0 atom stereocenters. The number of hydrogen-bond donors (Lipinski definition) is 3. The molecule has 0 radical (unpaired) electrons. The highest BCUT2D eigenvalue weighted by molar-refractivity contribution is 7.45. The third-order valence-electron chi connectivity index (χ3n) is 4.99. The number of hydrogen-bond acceptors (Lipinski definition) is 2. The van der Waals surface area contributed by atoms with Gasteiger partial charge in [0.2, 0.25) is 0 Å². The Labute approximate surface area is 187 Å². The van der Waals surface area contributed by atoms with Gasteiger partial charge in [-0.1, -0.05) is 101 Å². The molecule has 0 aliphatic carbocycles. The quantitative estimate of drug-likeness (QED) is 0.220. The molecule has 0 fully saturated rings. The molecule has 0 unspecified atom stereocenters. The Morgan fingerprint density at radius 2 is 1.29 bits per heavy atom. The highest BCUT2D eigenvalue weighted by Crippen LogP contribution is 2.28. The van der Waals surface area contributed by atoms with E-state index in [9.17, 15) is 0 Å². The zero-order valence-electron chi connectivity index (χ0n) is 19.0. The molecule has 0 amide bonds. The minimum Gasteiger partial charge on any atom is -0.457 e. The van der Waals surface area contributed by atoms with E-state index < -0.39 is 7.82 Å². The van der Waals surface area contributed by atoms with Crippen LogP contribution in [-0.2, 0) is 11.0 Å². The van der Waals surface area contributed by atoms with Gasteiger partial charge in [-0.15, -0.1) is 0 Å². The fraction of sp³-hybridized carbons (Fsp3) is 0.520. The van der Waals surface area contributed by atoms with E-state index in [0.29, 0.717) is 0 Å². The molecule has 0 spiro atoms. The summed E-state index contributed by atoms with van der Waals surface area (Å²) < 4.78 is 15.0. The summed E-state index contributed by atoms with van der Waals surface area (Å²) in [5.41, 5.74) is 2.65. The van der Waals surface area contributed by atoms with Gasteiger partial charge in [-0.3, -0.25) is 0 Å². The van der Waals surface area contributed by atoms with Crippen LogP contribution >= 0.6 is 7.82 Å². The predicted molar refractivity (Wildman–Crippen MR) is 128 cm³/mol. The first-order chi connectivity index (χ1) is 14.8. The van der Waals surface area contributed by atoms with Gasteiger partial charge in [0.1, 0.15) is 11.5 Å². The number of phosphoric acid groups is 1. The van der Waals surface area contributed by atoms with Crippen LogP contribution in [0.15, 0.2) is 48.5 Å². The van der Waals surface area contributed by atoms with E-state index >= 15 is 0 Å². The van der Waals surface area contributed by atoms with Crippen molar-refractivity contribution in [1.82, 2.24) is 0 Å². The molecular formula is C25H39O5P. The van der Waals surface area contributed by atoms with Crippen molar-refractivity contribution >= 4 is 7.82 Å². The zero-order chi connectivity index (χ0) is 23.0. The van der Waals surface area contributed by atoms with Crippen LogP contribution in [0.5, 0.6) is 11.5 Å². The molecule has 174 valence electrons. The van der Waals surface area contributed by atoms with Crippen LogP contribution in [0.3, 0.4) is 0 Å². The Kier molecular flexibility index (Phi) is 14.2. The fourth-order valence-electron chi connectivity index (χ4n) is 3.42. The van der Waals surface area contributed by atoms with E-state index in [4.69, 9.17) is 24.0 Å². The van der Waals surface area contributed by atoms with Crippen molar-refractivity contribution in [2.45, 2.75) is 84.5 Å². The Morgan fingerprint density at radius 3 is 1.84 bits per heavy atom.